The van der Waals surface area contributed by atoms with E-state index < -0.39 is 0 Å². The van der Waals surface area contributed by atoms with E-state index in [0.29, 0.717) is 0 Å². The molecule has 3 heteroatoms. The van der Waals surface area contributed by atoms with Gasteiger partial charge in [0.05, 0.1) is 0 Å². The molecule has 0 bridgehead atoms. The van der Waals surface area contributed by atoms with Crippen molar-refractivity contribution in [3.05, 3.63) is 41.4 Å². The van der Waals surface area contributed by atoms with Gasteiger partial charge < -0.3 is 4.98 Å². The van der Waals surface area contributed by atoms with Crippen molar-refractivity contribution in [3.63, 3.8) is 0 Å². The molecule has 0 saturated carbocycles. The SMILES string of the molecule is Cc1c[c-]c(-c2ccccn2)s1.[Ir]. The minimum atomic E-state index is 0. The first kappa shape index (κ1) is 10.6. The van der Waals surface area contributed by atoms with Crippen LogP contribution >= 0.6 is 11.3 Å². The van der Waals surface area contributed by atoms with Gasteiger partial charge in [0.1, 0.15) is 0 Å². The first-order chi connectivity index (χ1) is 5.86. The summed E-state index contributed by atoms with van der Waals surface area (Å²) in [4.78, 5) is 6.63. The fourth-order valence-corrected chi connectivity index (χ4v) is 1.79. The summed E-state index contributed by atoms with van der Waals surface area (Å²) in [5, 5.41) is 0. The van der Waals surface area contributed by atoms with Crippen LogP contribution in [0.3, 0.4) is 0 Å². The van der Waals surface area contributed by atoms with Crippen LogP contribution in [-0.4, -0.2) is 4.98 Å². The molecule has 0 aliphatic carbocycles. The van der Waals surface area contributed by atoms with E-state index in [1.54, 1.807) is 17.5 Å². The monoisotopic (exact) mass is 367 g/mol. The molecule has 0 aliphatic heterocycles. The van der Waals surface area contributed by atoms with Crippen molar-refractivity contribution in [2.45, 2.75) is 6.92 Å². The van der Waals surface area contributed by atoms with Gasteiger partial charge in [0.2, 0.25) is 0 Å². The largest absolute Gasteiger partial charge is 0.319 e. The molecule has 2 aromatic rings. The number of thiophene rings is 1. The molecule has 0 unspecified atom stereocenters. The molecule has 0 aliphatic rings. The Morgan fingerprint density at radius 2 is 2.23 bits per heavy atom. The maximum Gasteiger partial charge on any atom is 0.0124 e. The number of nitrogens with zero attached hydrogens (tertiary/aromatic N) is 1. The van der Waals surface area contributed by atoms with Gasteiger partial charge in [-0.3, -0.25) is 0 Å². The molecule has 0 atom stereocenters. The molecule has 2 heterocycles. The molecule has 1 nitrogen and oxygen atoms in total. The van der Waals surface area contributed by atoms with Gasteiger partial charge in [-0.1, -0.05) is 28.8 Å². The molecule has 0 spiro atoms. The molecule has 13 heavy (non-hydrogen) atoms. The molecular weight excluding hydrogens is 358 g/mol. The van der Waals surface area contributed by atoms with Crippen molar-refractivity contribution < 1.29 is 20.1 Å². The van der Waals surface area contributed by atoms with Crippen LogP contribution in [-0.2, 0) is 20.1 Å². The van der Waals surface area contributed by atoms with E-state index in [1.165, 1.54) is 4.88 Å². The van der Waals surface area contributed by atoms with Crippen LogP contribution in [0.1, 0.15) is 4.88 Å². The second kappa shape index (κ2) is 4.66. The zero-order valence-electron chi connectivity index (χ0n) is 7.08. The number of rotatable bonds is 1. The minimum Gasteiger partial charge on any atom is -0.319 e. The molecule has 2 rings (SSSR count). The fourth-order valence-electron chi connectivity index (χ4n) is 1.01. The Morgan fingerprint density at radius 1 is 1.38 bits per heavy atom. The Labute approximate surface area is 95.2 Å². The Balaban J connectivity index is 0.000000845. The van der Waals surface area contributed by atoms with Crippen molar-refractivity contribution in [1.29, 1.82) is 0 Å². The van der Waals surface area contributed by atoms with Gasteiger partial charge in [-0.25, -0.2) is 11.3 Å². The molecule has 69 valence electrons. The second-order valence-electron chi connectivity index (χ2n) is 2.55. The summed E-state index contributed by atoms with van der Waals surface area (Å²) < 4.78 is 0. The molecule has 0 N–H and O–H groups in total. The Hall–Kier alpha value is -0.501. The van der Waals surface area contributed by atoms with Crippen LogP contribution in [0.4, 0.5) is 0 Å². The average Bonchev–Trinajstić information content (AvgIpc) is 2.54. The maximum atomic E-state index is 4.24. The summed E-state index contributed by atoms with van der Waals surface area (Å²) >= 11 is 1.72. The smallest absolute Gasteiger partial charge is 0.0124 e. The van der Waals surface area contributed by atoms with Crippen molar-refractivity contribution in [2.75, 3.05) is 0 Å². The normalized spacial score (nSPS) is 9.31. The first-order valence-electron chi connectivity index (χ1n) is 3.76. The van der Waals surface area contributed by atoms with Crippen molar-refractivity contribution in [1.82, 2.24) is 4.98 Å². The average molecular weight is 366 g/mol. The molecule has 0 amide bonds. The van der Waals surface area contributed by atoms with Gasteiger partial charge >= 0.3 is 0 Å². The summed E-state index contributed by atoms with van der Waals surface area (Å²) in [5.41, 5.74) is 1.01. The topological polar surface area (TPSA) is 12.9 Å². The van der Waals surface area contributed by atoms with Crippen LogP contribution in [0.5, 0.6) is 0 Å². The number of hydrogen-bond acceptors (Lipinski definition) is 2. The first-order valence-corrected chi connectivity index (χ1v) is 4.57. The number of pyridine rings is 1. The minimum absolute atomic E-state index is 0. The van der Waals surface area contributed by atoms with E-state index in [9.17, 15) is 0 Å². The third-order valence-electron chi connectivity index (χ3n) is 1.57. The van der Waals surface area contributed by atoms with Crippen LogP contribution in [0.25, 0.3) is 10.6 Å². The summed E-state index contributed by atoms with van der Waals surface area (Å²) in [5.74, 6) is 0. The Bertz CT molecular complexity index is 369. The quantitative estimate of drug-likeness (QED) is 0.708. The summed E-state index contributed by atoms with van der Waals surface area (Å²) in [7, 11) is 0. The van der Waals surface area contributed by atoms with Crippen LogP contribution in [0.2, 0.25) is 0 Å². The van der Waals surface area contributed by atoms with E-state index in [2.05, 4.69) is 18.0 Å². The predicted octanol–water partition coefficient (Wildman–Crippen LogP) is 2.92. The van der Waals surface area contributed by atoms with Crippen LogP contribution < -0.4 is 0 Å². The predicted molar refractivity (Wildman–Crippen MR) is 51.1 cm³/mol. The van der Waals surface area contributed by atoms with Gasteiger partial charge in [-0.05, 0) is 11.8 Å². The van der Waals surface area contributed by atoms with Crippen LogP contribution in [0.15, 0.2) is 30.5 Å². The third-order valence-corrected chi connectivity index (χ3v) is 2.54. The second-order valence-corrected chi connectivity index (χ2v) is 3.80. The number of aryl methyl sites for hydroxylation is 1. The van der Waals surface area contributed by atoms with E-state index in [4.69, 9.17) is 0 Å². The Morgan fingerprint density at radius 3 is 2.77 bits per heavy atom. The van der Waals surface area contributed by atoms with E-state index >= 15 is 0 Å². The number of aromatic nitrogens is 1. The molecular formula is C10H8IrNS-. The van der Waals surface area contributed by atoms with E-state index in [-0.39, 0.29) is 20.1 Å². The molecule has 1 radical (unpaired) electrons. The van der Waals surface area contributed by atoms with Gasteiger partial charge in [0.15, 0.2) is 0 Å². The van der Waals surface area contributed by atoms with E-state index in [0.717, 1.165) is 10.6 Å². The molecule has 0 saturated heterocycles. The Kier molecular flexibility index (Phi) is 3.79. The van der Waals surface area contributed by atoms with Gasteiger partial charge in [-0.15, -0.1) is 0 Å². The van der Waals surface area contributed by atoms with Gasteiger partial charge in [-0.2, -0.15) is 12.1 Å². The summed E-state index contributed by atoms with van der Waals surface area (Å²) in [6.07, 6.45) is 1.80. The van der Waals surface area contributed by atoms with Crippen molar-refractivity contribution in [2.24, 2.45) is 0 Å². The van der Waals surface area contributed by atoms with Gasteiger partial charge in [0, 0.05) is 26.3 Å². The summed E-state index contributed by atoms with van der Waals surface area (Å²) in [6.45, 7) is 2.08. The molecule has 0 aromatic carbocycles. The maximum absolute atomic E-state index is 4.24. The standard InChI is InChI=1S/C10H8NS.Ir/c1-8-5-6-10(12-8)9-4-2-3-7-11-9;/h2-5,7H,1H3;/q-1;. The summed E-state index contributed by atoms with van der Waals surface area (Å²) in [6, 6.07) is 11.1. The molecule has 2 aromatic heterocycles. The van der Waals surface area contributed by atoms with Gasteiger partial charge in [0.25, 0.3) is 0 Å². The van der Waals surface area contributed by atoms with Crippen LogP contribution in [0, 0.1) is 13.0 Å². The van der Waals surface area contributed by atoms with E-state index in [1.807, 2.05) is 24.3 Å². The zero-order valence-corrected chi connectivity index (χ0v) is 10.3. The van der Waals surface area contributed by atoms with Crippen molar-refractivity contribution >= 4 is 11.3 Å². The fraction of sp³-hybridized carbons (Fsp3) is 0.100. The van der Waals surface area contributed by atoms with Crippen molar-refractivity contribution in [3.8, 4) is 10.6 Å². The number of hydrogen-bond donors (Lipinski definition) is 0. The third kappa shape index (κ3) is 2.47. The molecule has 0 fully saturated rings. The zero-order chi connectivity index (χ0) is 8.39.